The zero-order valence-electron chi connectivity index (χ0n) is 15.1. The van der Waals surface area contributed by atoms with Gasteiger partial charge in [-0.15, -0.1) is 0 Å². The van der Waals surface area contributed by atoms with Crippen molar-refractivity contribution in [3.8, 4) is 0 Å². The van der Waals surface area contributed by atoms with Gasteiger partial charge in [0.1, 0.15) is 0 Å². The Morgan fingerprint density at radius 3 is 2.40 bits per heavy atom. The Labute approximate surface area is 148 Å². The summed E-state index contributed by atoms with van der Waals surface area (Å²) in [5.74, 6) is -1.07. The second-order valence-electron chi connectivity index (χ2n) is 9.59. The summed E-state index contributed by atoms with van der Waals surface area (Å²) in [4.78, 5) is 13.2. The van der Waals surface area contributed by atoms with Crippen molar-refractivity contribution < 1.29 is 25.2 Å². The molecule has 0 aromatic heterocycles. The molecular formula is C20H30O5. The van der Waals surface area contributed by atoms with Crippen LogP contribution in [0.4, 0.5) is 0 Å². The topological polar surface area (TPSA) is 98.0 Å². The van der Waals surface area contributed by atoms with Crippen molar-refractivity contribution in [2.45, 2.75) is 64.3 Å². The van der Waals surface area contributed by atoms with Gasteiger partial charge in [-0.2, -0.15) is 0 Å². The van der Waals surface area contributed by atoms with E-state index in [1.165, 1.54) is 0 Å². The molecule has 0 aromatic rings. The minimum absolute atomic E-state index is 0.0928. The lowest BCUT2D eigenvalue weighted by Gasteiger charge is -2.66. The molecule has 0 amide bonds. The number of aliphatic hydroxyl groups is 4. The zero-order chi connectivity index (χ0) is 18.4. The average Bonchev–Trinajstić information content (AvgIpc) is 2.68. The van der Waals surface area contributed by atoms with Crippen LogP contribution in [0.5, 0.6) is 0 Å². The summed E-state index contributed by atoms with van der Waals surface area (Å²) in [5.41, 5.74) is -1.91. The first-order chi connectivity index (χ1) is 11.7. The molecule has 0 unspecified atom stereocenters. The molecule has 5 nitrogen and oxygen atoms in total. The third-order valence-corrected chi connectivity index (χ3v) is 8.55. The fourth-order valence-corrected chi connectivity index (χ4v) is 7.35. The van der Waals surface area contributed by atoms with Gasteiger partial charge in [-0.1, -0.05) is 20.4 Å². The zero-order valence-corrected chi connectivity index (χ0v) is 15.1. The summed E-state index contributed by atoms with van der Waals surface area (Å²) in [6.07, 6.45) is 0.291. The van der Waals surface area contributed by atoms with Crippen molar-refractivity contribution in [2.75, 3.05) is 6.61 Å². The maximum absolute atomic E-state index is 13.2. The smallest absolute Gasteiger partial charge is 0.170 e. The Morgan fingerprint density at radius 2 is 1.76 bits per heavy atom. The standard InChI is InChI=1S/C20H30O5/c1-10-11-4-5-12-19(9-21)13(18(2,3)7-6-14(19)22)8-15(23)20(12,16(10)24)17(11)25/h11-15,17,21-23,25H,1,4-9H2,2-3H3/t11-,12-,13+,14-,15+,17+,19-,20-/m0/s1. The van der Waals surface area contributed by atoms with Crippen molar-refractivity contribution in [1.82, 2.24) is 0 Å². The molecule has 140 valence electrons. The lowest BCUT2D eigenvalue weighted by atomic mass is 9.38. The lowest BCUT2D eigenvalue weighted by molar-refractivity contribution is -0.267. The van der Waals surface area contributed by atoms with E-state index in [0.717, 1.165) is 6.42 Å². The van der Waals surface area contributed by atoms with Crippen LogP contribution in [0.1, 0.15) is 46.0 Å². The van der Waals surface area contributed by atoms with Gasteiger partial charge < -0.3 is 20.4 Å². The van der Waals surface area contributed by atoms with Gasteiger partial charge in [0.2, 0.25) is 0 Å². The Balaban J connectivity index is 1.94. The van der Waals surface area contributed by atoms with Gasteiger partial charge in [0.15, 0.2) is 5.78 Å². The van der Waals surface area contributed by atoms with Crippen LogP contribution in [0.2, 0.25) is 0 Å². The predicted molar refractivity (Wildman–Crippen MR) is 91.5 cm³/mol. The van der Waals surface area contributed by atoms with E-state index < -0.39 is 35.1 Å². The number of aliphatic hydroxyl groups excluding tert-OH is 4. The van der Waals surface area contributed by atoms with Crippen LogP contribution in [0.25, 0.3) is 0 Å². The van der Waals surface area contributed by atoms with Crippen LogP contribution in [0.3, 0.4) is 0 Å². The van der Waals surface area contributed by atoms with E-state index in [9.17, 15) is 25.2 Å². The van der Waals surface area contributed by atoms with Crippen molar-refractivity contribution >= 4 is 5.78 Å². The Morgan fingerprint density at radius 1 is 1.08 bits per heavy atom. The van der Waals surface area contributed by atoms with Gasteiger partial charge in [0, 0.05) is 11.3 Å². The third-order valence-electron chi connectivity index (χ3n) is 8.55. The van der Waals surface area contributed by atoms with Crippen molar-refractivity contribution in [1.29, 1.82) is 0 Å². The number of carbonyl (C=O) groups excluding carboxylic acids is 1. The van der Waals surface area contributed by atoms with Crippen LogP contribution in [-0.4, -0.2) is 51.1 Å². The van der Waals surface area contributed by atoms with Crippen LogP contribution >= 0.6 is 0 Å². The minimum atomic E-state index is -1.31. The quantitative estimate of drug-likeness (QED) is 0.530. The Hall–Kier alpha value is -0.750. The molecule has 5 heteroatoms. The van der Waals surface area contributed by atoms with E-state index in [1.807, 2.05) is 0 Å². The summed E-state index contributed by atoms with van der Waals surface area (Å²) in [7, 11) is 0. The monoisotopic (exact) mass is 350 g/mol. The first-order valence-corrected chi connectivity index (χ1v) is 9.54. The number of carbonyl (C=O) groups is 1. The molecule has 4 fully saturated rings. The molecule has 4 aliphatic carbocycles. The molecule has 25 heavy (non-hydrogen) atoms. The third kappa shape index (κ3) is 1.76. The molecule has 4 rings (SSSR count). The fourth-order valence-electron chi connectivity index (χ4n) is 7.35. The van der Waals surface area contributed by atoms with E-state index >= 15 is 0 Å². The number of Topliss-reactive ketones (excluding diaryl/α,β-unsaturated/α-hetero) is 1. The van der Waals surface area contributed by atoms with E-state index in [1.54, 1.807) is 0 Å². The number of hydrogen-bond acceptors (Lipinski definition) is 5. The van der Waals surface area contributed by atoms with Gasteiger partial charge in [-0.05, 0) is 54.9 Å². The van der Waals surface area contributed by atoms with Crippen molar-refractivity contribution in [2.24, 2.45) is 34.0 Å². The van der Waals surface area contributed by atoms with Crippen LogP contribution in [0, 0.1) is 34.0 Å². The van der Waals surface area contributed by atoms with Gasteiger partial charge in [-0.3, -0.25) is 4.79 Å². The second-order valence-corrected chi connectivity index (χ2v) is 9.59. The average molecular weight is 350 g/mol. The number of hydrogen-bond donors (Lipinski definition) is 4. The van der Waals surface area contributed by atoms with Crippen molar-refractivity contribution in [3.05, 3.63) is 12.2 Å². The number of rotatable bonds is 1. The molecule has 0 aromatic carbocycles. The number of fused-ring (bicyclic) bond motifs is 3. The molecule has 4 N–H and O–H groups in total. The highest BCUT2D eigenvalue weighted by Gasteiger charge is 2.76. The first kappa shape index (κ1) is 17.7. The highest BCUT2D eigenvalue weighted by molar-refractivity contribution is 6.04. The minimum Gasteiger partial charge on any atom is -0.396 e. The van der Waals surface area contributed by atoms with E-state index in [-0.39, 0.29) is 29.6 Å². The van der Waals surface area contributed by atoms with Gasteiger partial charge >= 0.3 is 0 Å². The first-order valence-electron chi connectivity index (χ1n) is 9.54. The summed E-state index contributed by atoms with van der Waals surface area (Å²) >= 11 is 0. The lowest BCUT2D eigenvalue weighted by Crippen LogP contribution is -2.71. The Kier molecular flexibility index (Phi) is 3.64. The molecule has 4 aliphatic rings. The fraction of sp³-hybridized carbons (Fsp3) is 0.850. The van der Waals surface area contributed by atoms with Crippen LogP contribution < -0.4 is 0 Å². The van der Waals surface area contributed by atoms with Gasteiger partial charge in [-0.25, -0.2) is 0 Å². The van der Waals surface area contributed by atoms with E-state index in [2.05, 4.69) is 20.4 Å². The van der Waals surface area contributed by atoms with Crippen molar-refractivity contribution in [3.63, 3.8) is 0 Å². The maximum atomic E-state index is 13.2. The van der Waals surface area contributed by atoms with Crippen LogP contribution in [-0.2, 0) is 4.79 Å². The van der Waals surface area contributed by atoms with Gasteiger partial charge in [0.25, 0.3) is 0 Å². The molecule has 4 saturated carbocycles. The molecule has 0 radical (unpaired) electrons. The van der Waals surface area contributed by atoms with Gasteiger partial charge in [0.05, 0.1) is 30.3 Å². The summed E-state index contributed by atoms with van der Waals surface area (Å²) < 4.78 is 0. The predicted octanol–water partition coefficient (Wildman–Crippen LogP) is 1.04. The molecule has 1 spiro atoms. The Bertz CT molecular complexity index is 628. The maximum Gasteiger partial charge on any atom is 0.170 e. The summed E-state index contributed by atoms with van der Waals surface area (Å²) in [5, 5.41) is 43.7. The summed E-state index contributed by atoms with van der Waals surface area (Å²) in [6.45, 7) is 7.92. The highest BCUT2D eigenvalue weighted by Crippen LogP contribution is 2.70. The molecule has 2 bridgehead atoms. The largest absolute Gasteiger partial charge is 0.396 e. The highest BCUT2D eigenvalue weighted by atomic mass is 16.3. The SMILES string of the molecule is C=C1C(=O)[C@@]23[C@H](O)C[C@@H]4C(C)(C)CC[C@H](O)[C@@]4(CO)[C@@H]2CC[C@@H]1[C@H]3O. The van der Waals surface area contributed by atoms with E-state index in [4.69, 9.17) is 0 Å². The molecule has 0 heterocycles. The molecule has 8 atom stereocenters. The molecule has 0 saturated heterocycles. The normalized spacial score (nSPS) is 54.2. The molecule has 0 aliphatic heterocycles. The van der Waals surface area contributed by atoms with E-state index in [0.29, 0.717) is 31.3 Å². The summed E-state index contributed by atoms with van der Waals surface area (Å²) in [6, 6.07) is 0. The second kappa shape index (κ2) is 5.16. The van der Waals surface area contributed by atoms with Crippen LogP contribution in [0.15, 0.2) is 12.2 Å². The molecular weight excluding hydrogens is 320 g/mol. The number of ketones is 1.